The molecule has 0 atom stereocenters. The molecular weight excluding hydrogens is 270 g/mol. The van der Waals surface area contributed by atoms with E-state index in [1.807, 2.05) is 24.3 Å². The van der Waals surface area contributed by atoms with Crippen molar-refractivity contribution in [1.29, 1.82) is 0 Å². The lowest BCUT2D eigenvalue weighted by molar-refractivity contribution is 0.0599. The first-order chi connectivity index (χ1) is 10.2. The molecular formula is C16H15NO4. The topological polar surface area (TPSA) is 68.4 Å². The fourth-order valence-corrected chi connectivity index (χ4v) is 2.45. The Kier molecular flexibility index (Phi) is 3.58. The summed E-state index contributed by atoms with van der Waals surface area (Å²) in [5, 5.41) is 0.798. The van der Waals surface area contributed by atoms with Crippen LogP contribution in [0.5, 0.6) is 0 Å². The normalized spacial score (nSPS) is 14.8. The van der Waals surface area contributed by atoms with Gasteiger partial charge >= 0.3 is 5.97 Å². The highest BCUT2D eigenvalue weighted by Crippen LogP contribution is 2.24. The van der Waals surface area contributed by atoms with Crippen LogP contribution in [0.1, 0.15) is 22.3 Å². The van der Waals surface area contributed by atoms with Gasteiger partial charge in [0, 0.05) is 5.52 Å². The number of methoxy groups -OCH3 is 1. The minimum atomic E-state index is -0.630. The summed E-state index contributed by atoms with van der Waals surface area (Å²) in [4.78, 5) is 26.2. The molecule has 1 aromatic carbocycles. The van der Waals surface area contributed by atoms with Crippen molar-refractivity contribution in [3.8, 4) is 0 Å². The van der Waals surface area contributed by atoms with E-state index in [1.54, 1.807) is 6.07 Å². The molecule has 21 heavy (non-hydrogen) atoms. The van der Waals surface area contributed by atoms with Gasteiger partial charge in [0.1, 0.15) is 5.56 Å². The average Bonchev–Trinajstić information content (AvgIpc) is 2.53. The second-order valence-corrected chi connectivity index (χ2v) is 4.86. The number of fused-ring (bicyclic) bond motifs is 1. The molecule has 5 heteroatoms. The Morgan fingerprint density at radius 3 is 2.90 bits per heavy atom. The summed E-state index contributed by atoms with van der Waals surface area (Å²) in [6.07, 6.45) is 2.90. The molecule has 0 unspecified atom stereocenters. The number of hydrogen-bond donors (Lipinski definition) is 1. The van der Waals surface area contributed by atoms with Crippen LogP contribution in [0.2, 0.25) is 0 Å². The molecule has 0 saturated heterocycles. The summed E-state index contributed by atoms with van der Waals surface area (Å²) >= 11 is 0. The molecule has 0 radical (unpaired) electrons. The monoisotopic (exact) mass is 285 g/mol. The van der Waals surface area contributed by atoms with Crippen molar-refractivity contribution in [3.63, 3.8) is 0 Å². The molecule has 5 nitrogen and oxygen atoms in total. The molecule has 2 aromatic rings. The maximum absolute atomic E-state index is 11.9. The van der Waals surface area contributed by atoms with Crippen LogP contribution in [0.4, 0.5) is 0 Å². The lowest BCUT2D eigenvalue weighted by Gasteiger charge is -2.14. The van der Waals surface area contributed by atoms with Crippen molar-refractivity contribution < 1.29 is 14.3 Å². The highest BCUT2D eigenvalue weighted by Gasteiger charge is 2.13. The Balaban J connectivity index is 2.09. The van der Waals surface area contributed by atoms with Crippen LogP contribution < -0.4 is 5.56 Å². The van der Waals surface area contributed by atoms with Crippen LogP contribution in [0, 0.1) is 0 Å². The van der Waals surface area contributed by atoms with Crippen LogP contribution in [-0.2, 0) is 9.47 Å². The highest BCUT2D eigenvalue weighted by molar-refractivity contribution is 5.94. The number of H-pyrrole nitrogens is 1. The summed E-state index contributed by atoms with van der Waals surface area (Å²) in [6.45, 7) is 1.33. The third-order valence-electron chi connectivity index (χ3n) is 3.59. The number of pyridine rings is 1. The quantitative estimate of drug-likeness (QED) is 0.858. The Morgan fingerprint density at radius 2 is 2.19 bits per heavy atom. The molecule has 1 aromatic heterocycles. The lowest BCUT2D eigenvalue weighted by Crippen LogP contribution is -2.18. The van der Waals surface area contributed by atoms with E-state index in [4.69, 9.17) is 4.74 Å². The fraction of sp³-hybridized carbons (Fsp3) is 0.250. The molecule has 0 amide bonds. The number of aromatic amines is 1. The third kappa shape index (κ3) is 2.60. The number of benzene rings is 1. The predicted molar refractivity (Wildman–Crippen MR) is 79.3 cm³/mol. The van der Waals surface area contributed by atoms with Gasteiger partial charge in [-0.15, -0.1) is 0 Å². The maximum atomic E-state index is 11.9. The number of nitrogens with one attached hydrogen (secondary N) is 1. The van der Waals surface area contributed by atoms with E-state index < -0.39 is 11.5 Å². The van der Waals surface area contributed by atoms with Gasteiger partial charge in [0.05, 0.1) is 20.3 Å². The summed E-state index contributed by atoms with van der Waals surface area (Å²) in [7, 11) is 1.26. The first-order valence-electron chi connectivity index (χ1n) is 6.71. The predicted octanol–water partition coefficient (Wildman–Crippen LogP) is 2.12. The maximum Gasteiger partial charge on any atom is 0.343 e. The molecule has 0 aliphatic carbocycles. The van der Waals surface area contributed by atoms with Gasteiger partial charge in [-0.25, -0.2) is 4.79 Å². The molecule has 108 valence electrons. The number of esters is 1. The zero-order chi connectivity index (χ0) is 14.8. The number of rotatable bonds is 2. The summed E-state index contributed by atoms with van der Waals surface area (Å²) in [5.74, 6) is -0.630. The number of ether oxygens (including phenoxy) is 2. The van der Waals surface area contributed by atoms with Crippen LogP contribution >= 0.6 is 0 Å². The van der Waals surface area contributed by atoms with Crippen molar-refractivity contribution in [1.82, 2.24) is 4.98 Å². The average molecular weight is 285 g/mol. The smallest absolute Gasteiger partial charge is 0.343 e. The molecule has 3 rings (SSSR count). The Hall–Kier alpha value is -2.40. The first kappa shape index (κ1) is 13.6. The lowest BCUT2D eigenvalue weighted by atomic mass is 9.99. The van der Waals surface area contributed by atoms with E-state index in [2.05, 4.69) is 9.72 Å². The molecule has 1 aliphatic rings. The number of aromatic nitrogens is 1. The van der Waals surface area contributed by atoms with Crippen molar-refractivity contribution in [2.45, 2.75) is 6.42 Å². The van der Waals surface area contributed by atoms with E-state index in [0.29, 0.717) is 18.7 Å². The summed E-state index contributed by atoms with van der Waals surface area (Å²) < 4.78 is 9.90. The van der Waals surface area contributed by atoms with Crippen molar-refractivity contribution in [2.24, 2.45) is 0 Å². The van der Waals surface area contributed by atoms with Gasteiger partial charge in [-0.2, -0.15) is 0 Å². The van der Waals surface area contributed by atoms with E-state index in [-0.39, 0.29) is 5.56 Å². The van der Waals surface area contributed by atoms with Crippen LogP contribution in [0.3, 0.4) is 0 Å². The van der Waals surface area contributed by atoms with Gasteiger partial charge in [0.15, 0.2) is 0 Å². The Bertz CT molecular complexity index is 788. The van der Waals surface area contributed by atoms with Gasteiger partial charge in [-0.1, -0.05) is 18.2 Å². The van der Waals surface area contributed by atoms with Crippen LogP contribution in [0.15, 0.2) is 35.1 Å². The Morgan fingerprint density at radius 1 is 1.33 bits per heavy atom. The highest BCUT2D eigenvalue weighted by atomic mass is 16.5. The van der Waals surface area contributed by atoms with E-state index in [9.17, 15) is 9.59 Å². The van der Waals surface area contributed by atoms with E-state index >= 15 is 0 Å². The molecule has 0 saturated carbocycles. The fourth-order valence-electron chi connectivity index (χ4n) is 2.45. The van der Waals surface area contributed by atoms with Crippen molar-refractivity contribution in [2.75, 3.05) is 20.3 Å². The minimum Gasteiger partial charge on any atom is -0.465 e. The number of carbonyl (C=O) groups is 1. The van der Waals surface area contributed by atoms with E-state index in [1.165, 1.54) is 12.7 Å². The second kappa shape index (κ2) is 5.54. The third-order valence-corrected chi connectivity index (χ3v) is 3.59. The van der Waals surface area contributed by atoms with Crippen LogP contribution in [0.25, 0.3) is 16.5 Å². The SMILES string of the molecule is COC(=O)c1cc2ccc(C3=CCOCC3)cc2[nH]c1=O. The zero-order valence-corrected chi connectivity index (χ0v) is 11.6. The molecule has 2 heterocycles. The van der Waals surface area contributed by atoms with Crippen molar-refractivity contribution in [3.05, 3.63) is 51.8 Å². The van der Waals surface area contributed by atoms with Gasteiger partial charge in [-0.3, -0.25) is 4.79 Å². The van der Waals surface area contributed by atoms with Gasteiger partial charge in [-0.05, 0) is 35.1 Å². The molecule has 1 N–H and O–H groups in total. The summed E-state index contributed by atoms with van der Waals surface area (Å²) in [5.41, 5.74) is 2.56. The zero-order valence-electron chi connectivity index (χ0n) is 11.6. The van der Waals surface area contributed by atoms with Gasteiger partial charge < -0.3 is 14.5 Å². The van der Waals surface area contributed by atoms with Gasteiger partial charge in [0.25, 0.3) is 5.56 Å². The molecule has 0 spiro atoms. The minimum absolute atomic E-state index is 0.0167. The number of hydrogen-bond acceptors (Lipinski definition) is 4. The molecule has 0 bridgehead atoms. The summed E-state index contributed by atoms with van der Waals surface area (Å²) in [6, 6.07) is 7.36. The molecule has 0 fully saturated rings. The Labute approximate surface area is 121 Å². The van der Waals surface area contributed by atoms with Crippen LogP contribution in [-0.4, -0.2) is 31.3 Å². The number of carbonyl (C=O) groups excluding carboxylic acids is 1. The van der Waals surface area contributed by atoms with Crippen molar-refractivity contribution >= 4 is 22.4 Å². The second-order valence-electron chi connectivity index (χ2n) is 4.86. The largest absolute Gasteiger partial charge is 0.465 e. The first-order valence-corrected chi connectivity index (χ1v) is 6.71. The van der Waals surface area contributed by atoms with E-state index in [0.717, 1.165) is 17.4 Å². The molecule has 1 aliphatic heterocycles. The standard InChI is InChI=1S/C16H15NO4/c1-20-16(19)13-8-12-3-2-11(9-14(12)17-15(13)18)10-4-6-21-7-5-10/h2-4,8-9H,5-7H2,1H3,(H,17,18). The van der Waals surface area contributed by atoms with Gasteiger partial charge in [0.2, 0.25) is 0 Å².